The minimum atomic E-state index is -0.521. The average molecular weight is 899 g/mol. The maximum atomic E-state index is 5.53. The smallest absolute Gasteiger partial charge is 0.160 e. The summed E-state index contributed by atoms with van der Waals surface area (Å²) in [5.74, 6) is 0.699. The first kappa shape index (κ1) is 39.7. The monoisotopic (exact) mass is 898 g/mol. The largest absolute Gasteiger partial charge is 0.228 e. The summed E-state index contributed by atoms with van der Waals surface area (Å²) in [5, 5.41) is 9.90. The summed E-state index contributed by atoms with van der Waals surface area (Å²) in [7, 11) is 0. The second kappa shape index (κ2) is 15.4. The van der Waals surface area contributed by atoms with E-state index in [1.54, 1.807) is 0 Å². The SMILES string of the molecule is c1ccc(-c2nc(-c3cccc4c3C3(c5ccccc5-c5ccccc53)c3ccccc3-4)cc(-c3ccc(-c4ccc(-c5c6ccccc6cc6c5ccc5ccccc56)cc4)c4ccccc34)n2)cc1. The topological polar surface area (TPSA) is 25.8 Å². The third-order valence-corrected chi connectivity index (χ3v) is 15.5. The van der Waals surface area contributed by atoms with Crippen molar-refractivity contribution in [3.63, 3.8) is 0 Å². The zero-order chi connectivity index (χ0) is 46.6. The van der Waals surface area contributed by atoms with E-state index in [0.29, 0.717) is 5.82 Å². The molecule has 0 saturated carbocycles. The quantitative estimate of drug-likeness (QED) is 0.127. The van der Waals surface area contributed by atoms with Crippen molar-refractivity contribution >= 4 is 43.1 Å². The van der Waals surface area contributed by atoms with Gasteiger partial charge in [0.25, 0.3) is 0 Å². The summed E-state index contributed by atoms with van der Waals surface area (Å²) in [5.41, 5.74) is 19.5. The molecule has 1 heterocycles. The van der Waals surface area contributed by atoms with E-state index in [-0.39, 0.29) is 0 Å². The Hall–Kier alpha value is -9.24. The van der Waals surface area contributed by atoms with Crippen LogP contribution in [0.25, 0.3) is 122 Å². The van der Waals surface area contributed by atoms with E-state index in [2.05, 4.69) is 255 Å². The van der Waals surface area contributed by atoms with Crippen LogP contribution in [0.2, 0.25) is 0 Å². The molecule has 2 nitrogen and oxygen atoms in total. The molecule has 1 aromatic heterocycles. The predicted octanol–water partition coefficient (Wildman–Crippen LogP) is 17.8. The van der Waals surface area contributed by atoms with E-state index in [4.69, 9.17) is 9.97 Å². The Morgan fingerprint density at radius 3 is 1.46 bits per heavy atom. The number of benzene rings is 12. The second-order valence-electron chi connectivity index (χ2n) is 19.1. The predicted molar refractivity (Wildman–Crippen MR) is 296 cm³/mol. The third-order valence-electron chi connectivity index (χ3n) is 15.5. The van der Waals surface area contributed by atoms with Gasteiger partial charge in [-0.05, 0) is 122 Å². The van der Waals surface area contributed by atoms with E-state index in [9.17, 15) is 0 Å². The fraction of sp³-hybridized carbons (Fsp3) is 0.0145. The normalized spacial score (nSPS) is 12.9. The lowest BCUT2D eigenvalue weighted by Gasteiger charge is -2.32. The van der Waals surface area contributed by atoms with Crippen molar-refractivity contribution in [2.45, 2.75) is 5.41 Å². The number of nitrogens with zero attached hydrogens (tertiary/aromatic N) is 2. The zero-order valence-electron chi connectivity index (χ0n) is 38.6. The Balaban J connectivity index is 0.907. The maximum absolute atomic E-state index is 5.53. The maximum Gasteiger partial charge on any atom is 0.160 e. The molecule has 0 N–H and O–H groups in total. The van der Waals surface area contributed by atoms with Gasteiger partial charge in [-0.2, -0.15) is 0 Å². The minimum absolute atomic E-state index is 0.521. The highest BCUT2D eigenvalue weighted by Crippen LogP contribution is 2.64. The van der Waals surface area contributed by atoms with Crippen LogP contribution >= 0.6 is 0 Å². The van der Waals surface area contributed by atoms with Crippen LogP contribution in [0.3, 0.4) is 0 Å². The highest BCUT2D eigenvalue weighted by Gasteiger charge is 2.52. The van der Waals surface area contributed by atoms with Crippen LogP contribution in [0.5, 0.6) is 0 Å². The molecule has 0 fully saturated rings. The lowest BCUT2D eigenvalue weighted by molar-refractivity contribution is 0.795. The first-order chi connectivity index (χ1) is 35.2. The van der Waals surface area contributed by atoms with Gasteiger partial charge in [-0.15, -0.1) is 0 Å². The van der Waals surface area contributed by atoms with E-state index in [0.717, 1.165) is 33.5 Å². The Bertz CT molecular complexity index is 4270. The summed E-state index contributed by atoms with van der Waals surface area (Å²) >= 11 is 0. The van der Waals surface area contributed by atoms with Crippen molar-refractivity contribution in [2.75, 3.05) is 0 Å². The molecule has 328 valence electrons. The molecule has 0 unspecified atom stereocenters. The minimum Gasteiger partial charge on any atom is -0.228 e. The number of aromatic nitrogens is 2. The number of rotatable bonds is 5. The molecule has 0 atom stereocenters. The number of hydrogen-bond acceptors (Lipinski definition) is 2. The molecule has 0 bridgehead atoms. The van der Waals surface area contributed by atoms with Crippen molar-refractivity contribution in [1.82, 2.24) is 9.97 Å². The van der Waals surface area contributed by atoms with Gasteiger partial charge in [0.05, 0.1) is 16.8 Å². The van der Waals surface area contributed by atoms with Crippen LogP contribution < -0.4 is 0 Å². The zero-order valence-corrected chi connectivity index (χ0v) is 38.6. The van der Waals surface area contributed by atoms with Gasteiger partial charge in [-0.3, -0.25) is 0 Å². The van der Waals surface area contributed by atoms with Crippen molar-refractivity contribution in [3.8, 4) is 78.4 Å². The second-order valence-corrected chi connectivity index (χ2v) is 19.1. The Kier molecular flexibility index (Phi) is 8.61. The molecule has 12 aromatic carbocycles. The molecule has 0 saturated heterocycles. The van der Waals surface area contributed by atoms with Crippen molar-refractivity contribution in [3.05, 3.63) is 277 Å². The van der Waals surface area contributed by atoms with Gasteiger partial charge in [0, 0.05) is 16.7 Å². The van der Waals surface area contributed by atoms with E-state index >= 15 is 0 Å². The van der Waals surface area contributed by atoms with Crippen LogP contribution in [-0.4, -0.2) is 9.97 Å². The van der Waals surface area contributed by atoms with Gasteiger partial charge in [-0.1, -0.05) is 243 Å². The van der Waals surface area contributed by atoms with Gasteiger partial charge in [0.15, 0.2) is 5.82 Å². The first-order valence-corrected chi connectivity index (χ1v) is 24.6. The molecule has 13 aromatic rings. The van der Waals surface area contributed by atoms with Gasteiger partial charge < -0.3 is 0 Å². The average Bonchev–Trinajstić information content (AvgIpc) is 3.92. The Morgan fingerprint density at radius 1 is 0.254 bits per heavy atom. The molecular formula is C69H42N2. The Labute approximate surface area is 411 Å². The van der Waals surface area contributed by atoms with E-state index in [1.807, 2.05) is 0 Å². The number of fused-ring (bicyclic) bond motifs is 15. The van der Waals surface area contributed by atoms with Gasteiger partial charge in [-0.25, -0.2) is 9.97 Å². The van der Waals surface area contributed by atoms with Crippen LogP contribution in [0.15, 0.2) is 255 Å². The fourth-order valence-electron chi connectivity index (χ4n) is 12.5. The highest BCUT2D eigenvalue weighted by molar-refractivity contribution is 6.20. The summed E-state index contributed by atoms with van der Waals surface area (Å²) < 4.78 is 0. The van der Waals surface area contributed by atoms with Crippen molar-refractivity contribution in [2.24, 2.45) is 0 Å². The summed E-state index contributed by atoms with van der Waals surface area (Å²) in [6.07, 6.45) is 0. The first-order valence-electron chi connectivity index (χ1n) is 24.6. The van der Waals surface area contributed by atoms with Crippen LogP contribution in [0.1, 0.15) is 22.3 Å². The van der Waals surface area contributed by atoms with Crippen LogP contribution in [0, 0.1) is 0 Å². The molecule has 15 rings (SSSR count). The summed E-state index contributed by atoms with van der Waals surface area (Å²) in [6, 6.07) is 93.5. The van der Waals surface area contributed by atoms with Gasteiger partial charge >= 0.3 is 0 Å². The lowest BCUT2D eigenvalue weighted by Crippen LogP contribution is -2.26. The lowest BCUT2D eigenvalue weighted by atomic mass is 9.69. The molecule has 0 aliphatic heterocycles. The molecule has 1 spiro atoms. The Morgan fingerprint density at radius 2 is 0.761 bits per heavy atom. The molecule has 2 heteroatoms. The van der Waals surface area contributed by atoms with E-state index in [1.165, 1.54) is 104 Å². The molecule has 2 aliphatic rings. The van der Waals surface area contributed by atoms with Crippen molar-refractivity contribution in [1.29, 1.82) is 0 Å². The summed E-state index contributed by atoms with van der Waals surface area (Å²) in [4.78, 5) is 11.0. The van der Waals surface area contributed by atoms with Crippen LogP contribution in [-0.2, 0) is 5.41 Å². The highest BCUT2D eigenvalue weighted by atomic mass is 14.9. The molecule has 71 heavy (non-hydrogen) atoms. The van der Waals surface area contributed by atoms with Crippen LogP contribution in [0.4, 0.5) is 0 Å². The van der Waals surface area contributed by atoms with Gasteiger partial charge in [0.1, 0.15) is 0 Å². The standard InChI is InChI=1S/C69H42N2/c1-2-18-46(19-3-1)68-70-64(42-65(71-68)59-29-16-28-58-55-27-12-15-32-63(55)69(67(58)59)61-30-13-10-25-53(61)54-26-11-14-31-62(54)69)56-40-39-49(51-23-8-9-24-52(51)56)44-33-35-45(36-34-44)66-50-22-7-5-20-47(50)41-60-48-21-6-4-17-43(48)37-38-57(60)66/h1-42H. The third kappa shape index (κ3) is 5.77. The molecule has 0 amide bonds. The van der Waals surface area contributed by atoms with Crippen molar-refractivity contribution < 1.29 is 0 Å². The fourth-order valence-corrected chi connectivity index (χ4v) is 12.5. The number of hydrogen-bond donors (Lipinski definition) is 0. The molecule has 0 radical (unpaired) electrons. The molecular weight excluding hydrogens is 857 g/mol. The summed E-state index contributed by atoms with van der Waals surface area (Å²) in [6.45, 7) is 0. The molecule has 2 aliphatic carbocycles. The van der Waals surface area contributed by atoms with Gasteiger partial charge in [0.2, 0.25) is 0 Å². The van der Waals surface area contributed by atoms with E-state index < -0.39 is 5.41 Å².